The van der Waals surface area contributed by atoms with Gasteiger partial charge in [-0.25, -0.2) is 0 Å². The molecule has 1 aliphatic heterocycles. The molecule has 2 unspecified atom stereocenters. The molecule has 2 atom stereocenters. The molecule has 24 heavy (non-hydrogen) atoms. The minimum atomic E-state index is -0.354. The maximum Gasteiger partial charge on any atom is 0.228 e. The van der Waals surface area contributed by atoms with Crippen LogP contribution in [0.4, 0.5) is 0 Å². The molecule has 0 saturated heterocycles. The highest BCUT2D eigenvalue weighted by Gasteiger charge is 2.23. The first-order valence-electron chi connectivity index (χ1n) is 7.69. The number of hydrogen-bond acceptors (Lipinski definition) is 4. The van der Waals surface area contributed by atoms with Crippen molar-refractivity contribution in [3.8, 4) is 11.5 Å². The highest BCUT2D eigenvalue weighted by molar-refractivity contribution is 5.85. The Kier molecular flexibility index (Phi) is 6.46. The third-order valence-electron chi connectivity index (χ3n) is 3.83. The highest BCUT2D eigenvalue weighted by atomic mass is 35.5. The number of nitrogens with two attached hydrogens (primary N) is 1. The molecule has 1 amide bonds. The predicted molar refractivity (Wildman–Crippen MR) is 94.8 cm³/mol. The van der Waals surface area contributed by atoms with Crippen LogP contribution in [0.3, 0.4) is 0 Å². The zero-order valence-electron chi connectivity index (χ0n) is 13.2. The Hall–Kier alpha value is -2.24. The van der Waals surface area contributed by atoms with E-state index in [0.717, 1.165) is 11.3 Å². The second-order valence-electron chi connectivity index (χ2n) is 5.44. The Morgan fingerprint density at radius 1 is 1.12 bits per heavy atom. The van der Waals surface area contributed by atoms with Gasteiger partial charge in [0.15, 0.2) is 11.5 Å². The van der Waals surface area contributed by atoms with Crippen molar-refractivity contribution >= 4 is 18.3 Å². The normalized spacial score (nSPS) is 16.6. The molecule has 0 spiro atoms. The first kappa shape index (κ1) is 18.1. The molecule has 0 aromatic heterocycles. The molecular formula is C18H21ClN2O3. The van der Waals surface area contributed by atoms with Crippen molar-refractivity contribution < 1.29 is 14.3 Å². The van der Waals surface area contributed by atoms with Gasteiger partial charge in [-0.2, -0.15) is 0 Å². The number of benzene rings is 2. The third kappa shape index (κ3) is 4.19. The van der Waals surface area contributed by atoms with E-state index in [4.69, 9.17) is 15.2 Å². The van der Waals surface area contributed by atoms with Crippen molar-refractivity contribution in [3.63, 3.8) is 0 Å². The minimum absolute atomic E-state index is 0. The van der Waals surface area contributed by atoms with E-state index in [0.29, 0.717) is 18.9 Å². The average Bonchev–Trinajstić information content (AvgIpc) is 2.61. The molecule has 1 heterocycles. The summed E-state index contributed by atoms with van der Waals surface area (Å²) < 4.78 is 11.5. The summed E-state index contributed by atoms with van der Waals surface area (Å²) in [6, 6.07) is 17.1. The van der Waals surface area contributed by atoms with Crippen LogP contribution in [0.2, 0.25) is 0 Å². The largest absolute Gasteiger partial charge is 0.486 e. The molecule has 5 nitrogen and oxygen atoms in total. The number of amides is 1. The summed E-state index contributed by atoms with van der Waals surface area (Å²) in [6.45, 7) is 1.06. The van der Waals surface area contributed by atoms with Crippen molar-refractivity contribution in [1.82, 2.24) is 5.32 Å². The Bertz CT molecular complexity index is 666. The molecular weight excluding hydrogens is 328 g/mol. The maximum absolute atomic E-state index is 12.4. The van der Waals surface area contributed by atoms with Crippen LogP contribution >= 0.6 is 12.4 Å². The minimum Gasteiger partial charge on any atom is -0.486 e. The van der Waals surface area contributed by atoms with E-state index >= 15 is 0 Å². The van der Waals surface area contributed by atoms with Crippen molar-refractivity contribution in [2.45, 2.75) is 12.0 Å². The van der Waals surface area contributed by atoms with Crippen LogP contribution in [-0.4, -0.2) is 31.7 Å². The van der Waals surface area contributed by atoms with E-state index < -0.39 is 0 Å². The van der Waals surface area contributed by atoms with Crippen molar-refractivity contribution in [1.29, 1.82) is 0 Å². The number of carbonyl (C=O) groups is 1. The summed E-state index contributed by atoms with van der Waals surface area (Å²) in [5.74, 6) is 0.991. The third-order valence-corrected chi connectivity index (χ3v) is 3.83. The second-order valence-corrected chi connectivity index (χ2v) is 5.44. The van der Waals surface area contributed by atoms with Crippen molar-refractivity contribution in [2.24, 2.45) is 5.73 Å². The number of fused-ring (bicyclic) bond motifs is 1. The van der Waals surface area contributed by atoms with Crippen molar-refractivity contribution in [3.05, 3.63) is 60.2 Å². The summed E-state index contributed by atoms with van der Waals surface area (Å²) in [6.07, 6.45) is -0.206. The Morgan fingerprint density at radius 2 is 1.79 bits per heavy atom. The zero-order valence-corrected chi connectivity index (χ0v) is 14.0. The lowest BCUT2D eigenvalue weighted by atomic mass is 9.98. The zero-order chi connectivity index (χ0) is 16.1. The van der Waals surface area contributed by atoms with Crippen LogP contribution in [-0.2, 0) is 4.79 Å². The Labute approximate surface area is 147 Å². The molecule has 0 radical (unpaired) electrons. The van der Waals surface area contributed by atoms with Gasteiger partial charge in [0.1, 0.15) is 12.7 Å². The highest BCUT2D eigenvalue weighted by Crippen LogP contribution is 2.30. The number of carbonyl (C=O) groups excluding carboxylic acids is 1. The lowest BCUT2D eigenvalue weighted by Gasteiger charge is -2.27. The van der Waals surface area contributed by atoms with E-state index in [1.165, 1.54) is 0 Å². The smallest absolute Gasteiger partial charge is 0.228 e. The number of ether oxygens (including phenoxy) is 2. The lowest BCUT2D eigenvalue weighted by molar-refractivity contribution is -0.122. The molecule has 1 aliphatic rings. The van der Waals surface area contributed by atoms with E-state index in [9.17, 15) is 4.79 Å². The SMILES string of the molecule is Cl.NCC(C(=O)NCC1COc2ccccc2O1)c1ccccc1. The molecule has 128 valence electrons. The Morgan fingerprint density at radius 3 is 2.50 bits per heavy atom. The number of hydrogen-bond donors (Lipinski definition) is 2. The lowest BCUT2D eigenvalue weighted by Crippen LogP contribution is -2.43. The van der Waals surface area contributed by atoms with Gasteiger partial charge in [0, 0.05) is 6.54 Å². The molecule has 2 aromatic rings. The van der Waals surface area contributed by atoms with Gasteiger partial charge >= 0.3 is 0 Å². The molecule has 3 N–H and O–H groups in total. The maximum atomic E-state index is 12.4. The first-order valence-corrected chi connectivity index (χ1v) is 7.69. The summed E-state index contributed by atoms with van der Waals surface area (Å²) >= 11 is 0. The van der Waals surface area contributed by atoms with Gasteiger partial charge in [-0.05, 0) is 17.7 Å². The number of rotatable bonds is 5. The molecule has 6 heteroatoms. The topological polar surface area (TPSA) is 73.6 Å². The summed E-state index contributed by atoms with van der Waals surface area (Å²) in [7, 11) is 0. The Balaban J connectivity index is 0.00000208. The fourth-order valence-corrected chi connectivity index (χ4v) is 2.58. The second kappa shape index (κ2) is 8.57. The quantitative estimate of drug-likeness (QED) is 0.868. The molecule has 0 fully saturated rings. The van der Waals surface area contributed by atoms with Gasteiger partial charge in [0.05, 0.1) is 12.5 Å². The summed E-state index contributed by atoms with van der Waals surface area (Å²) in [5, 5.41) is 2.91. The van der Waals surface area contributed by atoms with Crippen LogP contribution < -0.4 is 20.5 Å². The van der Waals surface area contributed by atoms with Crippen LogP contribution in [0.25, 0.3) is 0 Å². The monoisotopic (exact) mass is 348 g/mol. The van der Waals surface area contributed by atoms with E-state index in [-0.39, 0.29) is 36.9 Å². The van der Waals surface area contributed by atoms with Crippen LogP contribution in [0.5, 0.6) is 11.5 Å². The molecule has 2 aromatic carbocycles. The fraction of sp³-hybridized carbons (Fsp3) is 0.278. The van der Waals surface area contributed by atoms with Gasteiger partial charge in [0.2, 0.25) is 5.91 Å². The van der Waals surface area contributed by atoms with E-state index in [1.807, 2.05) is 54.6 Å². The number of halogens is 1. The number of para-hydroxylation sites is 2. The average molecular weight is 349 g/mol. The van der Waals surface area contributed by atoms with Gasteiger partial charge in [-0.15, -0.1) is 12.4 Å². The van der Waals surface area contributed by atoms with Gasteiger partial charge in [-0.1, -0.05) is 42.5 Å². The van der Waals surface area contributed by atoms with Crippen molar-refractivity contribution in [2.75, 3.05) is 19.7 Å². The van der Waals surface area contributed by atoms with Gasteiger partial charge in [0.25, 0.3) is 0 Å². The molecule has 0 bridgehead atoms. The van der Waals surface area contributed by atoms with E-state index in [1.54, 1.807) is 0 Å². The van der Waals surface area contributed by atoms with Gasteiger partial charge < -0.3 is 20.5 Å². The standard InChI is InChI=1S/C18H20N2O3.ClH/c19-10-15(13-6-2-1-3-7-13)18(21)20-11-14-12-22-16-8-4-5-9-17(16)23-14;/h1-9,14-15H,10-12,19H2,(H,20,21);1H. The van der Waals surface area contributed by atoms with Crippen LogP contribution in [0.1, 0.15) is 11.5 Å². The summed E-state index contributed by atoms with van der Waals surface area (Å²) in [4.78, 5) is 12.4. The molecule has 0 saturated carbocycles. The fourth-order valence-electron chi connectivity index (χ4n) is 2.58. The molecule has 3 rings (SSSR count). The van der Waals surface area contributed by atoms with Crippen LogP contribution in [0, 0.1) is 0 Å². The number of nitrogens with one attached hydrogen (secondary N) is 1. The predicted octanol–water partition coefficient (Wildman–Crippen LogP) is 2.11. The molecule has 0 aliphatic carbocycles. The van der Waals surface area contributed by atoms with E-state index in [2.05, 4.69) is 5.32 Å². The van der Waals surface area contributed by atoms with Crippen LogP contribution in [0.15, 0.2) is 54.6 Å². The van der Waals surface area contributed by atoms with Gasteiger partial charge in [-0.3, -0.25) is 4.79 Å². The summed E-state index contributed by atoms with van der Waals surface area (Å²) in [5.41, 5.74) is 6.68. The first-order chi connectivity index (χ1) is 11.3.